The van der Waals surface area contributed by atoms with Crippen molar-refractivity contribution in [3.05, 3.63) is 11.9 Å². The standard InChI is InChI=1S/C16H28N4O2.C2H6/c1-4-7-8-9-15-12-20(18-17-15)11-10-19(13-21)16(22)14(5-2)6-3;1-2/h12-14H,4-11H2,1-3H3;1-2H3. The van der Waals surface area contributed by atoms with Gasteiger partial charge in [0.1, 0.15) is 0 Å². The Morgan fingerprint density at radius 2 is 1.92 bits per heavy atom. The fourth-order valence-electron chi connectivity index (χ4n) is 2.42. The predicted molar refractivity (Wildman–Crippen MR) is 96.4 cm³/mol. The molecule has 2 amide bonds. The van der Waals surface area contributed by atoms with E-state index in [1.54, 1.807) is 4.68 Å². The van der Waals surface area contributed by atoms with E-state index in [1.165, 1.54) is 17.7 Å². The van der Waals surface area contributed by atoms with Crippen LogP contribution in [0, 0.1) is 5.92 Å². The van der Waals surface area contributed by atoms with Crippen LogP contribution in [0.15, 0.2) is 6.20 Å². The van der Waals surface area contributed by atoms with E-state index >= 15 is 0 Å². The van der Waals surface area contributed by atoms with E-state index in [1.807, 2.05) is 33.9 Å². The molecule has 138 valence electrons. The first-order valence-electron chi connectivity index (χ1n) is 9.30. The minimum atomic E-state index is -0.0942. The van der Waals surface area contributed by atoms with Crippen LogP contribution in [-0.2, 0) is 22.6 Å². The minimum absolute atomic E-state index is 0.0782. The lowest BCUT2D eigenvalue weighted by atomic mass is 10.0. The average molecular weight is 338 g/mol. The van der Waals surface area contributed by atoms with Crippen LogP contribution in [0.25, 0.3) is 0 Å². The lowest BCUT2D eigenvalue weighted by Crippen LogP contribution is -2.37. The van der Waals surface area contributed by atoms with Crippen molar-refractivity contribution in [1.82, 2.24) is 19.9 Å². The summed E-state index contributed by atoms with van der Waals surface area (Å²) >= 11 is 0. The quantitative estimate of drug-likeness (QED) is 0.458. The van der Waals surface area contributed by atoms with Gasteiger partial charge in [-0.2, -0.15) is 0 Å². The number of unbranched alkanes of at least 4 members (excludes halogenated alkanes) is 2. The molecule has 0 aromatic carbocycles. The fraction of sp³-hybridized carbons (Fsp3) is 0.778. The lowest BCUT2D eigenvalue weighted by Gasteiger charge is -2.20. The first-order chi connectivity index (χ1) is 11.7. The van der Waals surface area contributed by atoms with E-state index in [9.17, 15) is 9.59 Å². The van der Waals surface area contributed by atoms with E-state index in [0.29, 0.717) is 19.5 Å². The Bertz CT molecular complexity index is 456. The summed E-state index contributed by atoms with van der Waals surface area (Å²) in [6.45, 7) is 10.9. The maximum absolute atomic E-state index is 12.2. The van der Waals surface area contributed by atoms with E-state index < -0.39 is 0 Å². The van der Waals surface area contributed by atoms with Gasteiger partial charge in [-0.15, -0.1) is 5.10 Å². The monoisotopic (exact) mass is 338 g/mol. The summed E-state index contributed by atoms with van der Waals surface area (Å²) in [5.41, 5.74) is 0.970. The number of rotatable bonds is 11. The van der Waals surface area contributed by atoms with Gasteiger partial charge in [0, 0.05) is 18.7 Å². The number of amides is 2. The molecule has 0 aliphatic rings. The summed E-state index contributed by atoms with van der Waals surface area (Å²) in [6, 6.07) is 0. The molecule has 0 bridgehead atoms. The Hall–Kier alpha value is -1.72. The van der Waals surface area contributed by atoms with E-state index in [2.05, 4.69) is 17.2 Å². The number of hydrogen-bond donors (Lipinski definition) is 0. The van der Waals surface area contributed by atoms with Crippen LogP contribution < -0.4 is 0 Å². The molecule has 0 saturated heterocycles. The number of nitrogens with zero attached hydrogens (tertiary/aromatic N) is 4. The highest BCUT2D eigenvalue weighted by Gasteiger charge is 2.20. The van der Waals surface area contributed by atoms with Crippen LogP contribution in [-0.4, -0.2) is 38.8 Å². The van der Waals surface area contributed by atoms with Crippen molar-refractivity contribution in [1.29, 1.82) is 0 Å². The fourth-order valence-corrected chi connectivity index (χ4v) is 2.42. The highest BCUT2D eigenvalue weighted by atomic mass is 16.2. The number of hydrogen-bond acceptors (Lipinski definition) is 4. The number of imide groups is 1. The molecule has 6 nitrogen and oxygen atoms in total. The SMILES string of the molecule is CC.CCCCCc1cn(CCN(C=O)C(=O)C(CC)CC)nn1. The zero-order chi connectivity index (χ0) is 18.4. The van der Waals surface area contributed by atoms with Crippen LogP contribution >= 0.6 is 0 Å². The van der Waals surface area contributed by atoms with Crippen molar-refractivity contribution in [2.45, 2.75) is 79.7 Å². The Balaban J connectivity index is 0.00000254. The maximum Gasteiger partial charge on any atom is 0.232 e. The second kappa shape index (κ2) is 13.7. The van der Waals surface area contributed by atoms with Crippen molar-refractivity contribution >= 4 is 12.3 Å². The summed E-state index contributed by atoms with van der Waals surface area (Å²) in [7, 11) is 0. The molecule has 1 aromatic rings. The van der Waals surface area contributed by atoms with Gasteiger partial charge in [-0.05, 0) is 25.7 Å². The Morgan fingerprint density at radius 3 is 2.46 bits per heavy atom. The largest absolute Gasteiger partial charge is 0.283 e. The number of carbonyl (C=O) groups is 2. The van der Waals surface area contributed by atoms with E-state index in [0.717, 1.165) is 31.4 Å². The smallest absolute Gasteiger partial charge is 0.232 e. The maximum atomic E-state index is 12.2. The van der Waals surface area contributed by atoms with Crippen LogP contribution in [0.5, 0.6) is 0 Å². The van der Waals surface area contributed by atoms with Crippen molar-refractivity contribution < 1.29 is 9.59 Å². The normalized spacial score (nSPS) is 10.2. The molecule has 0 aliphatic heterocycles. The van der Waals surface area contributed by atoms with Gasteiger partial charge >= 0.3 is 0 Å². The van der Waals surface area contributed by atoms with Crippen molar-refractivity contribution in [2.75, 3.05) is 6.54 Å². The van der Waals surface area contributed by atoms with Crippen molar-refractivity contribution in [2.24, 2.45) is 5.92 Å². The van der Waals surface area contributed by atoms with Gasteiger partial charge in [-0.25, -0.2) is 0 Å². The molecule has 0 aliphatic carbocycles. The summed E-state index contributed by atoms with van der Waals surface area (Å²) in [5, 5.41) is 8.18. The van der Waals surface area contributed by atoms with Crippen LogP contribution in [0.4, 0.5) is 0 Å². The summed E-state index contributed by atoms with van der Waals surface area (Å²) in [5.74, 6) is -0.172. The molecule has 0 radical (unpaired) electrons. The van der Waals surface area contributed by atoms with Gasteiger partial charge in [0.2, 0.25) is 12.3 Å². The molecular formula is C18H34N4O2. The van der Waals surface area contributed by atoms with Crippen LogP contribution in [0.1, 0.15) is 72.4 Å². The average Bonchev–Trinajstić information content (AvgIpc) is 3.06. The third kappa shape index (κ3) is 7.70. The third-order valence-corrected chi connectivity index (χ3v) is 3.94. The van der Waals surface area contributed by atoms with Crippen molar-refractivity contribution in [3.63, 3.8) is 0 Å². The second-order valence-corrected chi connectivity index (χ2v) is 5.58. The van der Waals surface area contributed by atoms with E-state index in [-0.39, 0.29) is 11.8 Å². The number of aryl methyl sites for hydroxylation is 1. The van der Waals surface area contributed by atoms with Gasteiger partial charge in [0.05, 0.1) is 12.2 Å². The number of carbonyl (C=O) groups excluding carboxylic acids is 2. The van der Waals surface area contributed by atoms with Gasteiger partial charge in [-0.1, -0.05) is 52.7 Å². The number of aromatic nitrogens is 3. The molecule has 0 fully saturated rings. The zero-order valence-electron chi connectivity index (χ0n) is 16.0. The van der Waals surface area contributed by atoms with Gasteiger partial charge < -0.3 is 0 Å². The highest BCUT2D eigenvalue weighted by molar-refractivity contribution is 5.87. The van der Waals surface area contributed by atoms with Gasteiger partial charge in [0.25, 0.3) is 0 Å². The lowest BCUT2D eigenvalue weighted by molar-refractivity contribution is -0.141. The third-order valence-electron chi connectivity index (χ3n) is 3.94. The molecule has 0 saturated carbocycles. The summed E-state index contributed by atoms with van der Waals surface area (Å²) < 4.78 is 1.71. The molecule has 0 spiro atoms. The molecular weight excluding hydrogens is 304 g/mol. The molecule has 1 aromatic heterocycles. The Kier molecular flexibility index (Phi) is 12.7. The molecule has 1 heterocycles. The minimum Gasteiger partial charge on any atom is -0.283 e. The van der Waals surface area contributed by atoms with Gasteiger partial charge in [-0.3, -0.25) is 19.2 Å². The molecule has 1 rings (SSSR count). The van der Waals surface area contributed by atoms with Crippen molar-refractivity contribution in [3.8, 4) is 0 Å². The topological polar surface area (TPSA) is 68.1 Å². The van der Waals surface area contributed by atoms with E-state index in [4.69, 9.17) is 0 Å². The second-order valence-electron chi connectivity index (χ2n) is 5.58. The first kappa shape index (κ1) is 22.3. The molecule has 6 heteroatoms. The first-order valence-corrected chi connectivity index (χ1v) is 9.30. The Morgan fingerprint density at radius 1 is 1.25 bits per heavy atom. The molecule has 0 unspecified atom stereocenters. The molecule has 0 atom stereocenters. The summed E-state index contributed by atoms with van der Waals surface area (Å²) in [4.78, 5) is 24.6. The van der Waals surface area contributed by atoms with Crippen LogP contribution in [0.3, 0.4) is 0 Å². The Labute approximate surface area is 146 Å². The summed E-state index contributed by atoms with van der Waals surface area (Å²) in [6.07, 6.45) is 8.45. The van der Waals surface area contributed by atoms with Crippen LogP contribution in [0.2, 0.25) is 0 Å². The molecule has 0 N–H and O–H groups in total. The predicted octanol–water partition coefficient (Wildman–Crippen LogP) is 3.46. The zero-order valence-corrected chi connectivity index (χ0v) is 16.0. The highest BCUT2D eigenvalue weighted by Crippen LogP contribution is 2.11. The molecule has 24 heavy (non-hydrogen) atoms. The van der Waals surface area contributed by atoms with Gasteiger partial charge in [0.15, 0.2) is 0 Å².